The number of halogens is 1. The van der Waals surface area contributed by atoms with Gasteiger partial charge in [0.15, 0.2) is 0 Å². The third-order valence-corrected chi connectivity index (χ3v) is 4.41. The van der Waals surface area contributed by atoms with Crippen molar-refractivity contribution in [1.82, 2.24) is 5.32 Å². The van der Waals surface area contributed by atoms with Crippen LogP contribution >= 0.6 is 11.6 Å². The predicted octanol–water partition coefficient (Wildman–Crippen LogP) is 2.84. The molecule has 4 heteroatoms. The van der Waals surface area contributed by atoms with Gasteiger partial charge in [-0.05, 0) is 25.1 Å². The summed E-state index contributed by atoms with van der Waals surface area (Å²) < 4.78 is 12.1. The fourth-order valence-electron chi connectivity index (χ4n) is 1.51. The van der Waals surface area contributed by atoms with E-state index in [4.69, 9.17) is 11.6 Å². The van der Waals surface area contributed by atoms with Crippen molar-refractivity contribution in [2.24, 2.45) is 0 Å². The molecule has 1 rings (SSSR count). The Morgan fingerprint density at radius 3 is 2.62 bits per heavy atom. The molecule has 0 bridgehead atoms. The van der Waals surface area contributed by atoms with E-state index in [9.17, 15) is 4.21 Å². The van der Waals surface area contributed by atoms with Crippen molar-refractivity contribution in [1.29, 1.82) is 0 Å². The topological polar surface area (TPSA) is 29.1 Å². The van der Waals surface area contributed by atoms with Crippen molar-refractivity contribution in [2.75, 3.05) is 12.3 Å². The van der Waals surface area contributed by atoms with E-state index in [2.05, 4.69) is 19.2 Å². The first kappa shape index (κ1) is 13.7. The Labute approximate surface area is 105 Å². The molecule has 0 saturated carbocycles. The highest BCUT2D eigenvalue weighted by molar-refractivity contribution is 7.85. The fraction of sp³-hybridized carbons (Fsp3) is 0.500. The molecule has 0 radical (unpaired) electrons. The van der Waals surface area contributed by atoms with Crippen molar-refractivity contribution < 1.29 is 4.21 Å². The number of nitrogens with one attached hydrogen (secondary N) is 1. The standard InChI is InChI=1S/C12H18ClNOS/c1-3-10(14-4-2)9-16(15)12-8-6-5-7-11(12)13/h5-8,10,14H,3-4,9H2,1-2H3. The van der Waals surface area contributed by atoms with Crippen LogP contribution in [0.1, 0.15) is 20.3 Å². The van der Waals surface area contributed by atoms with Crippen LogP contribution in [0, 0.1) is 0 Å². The summed E-state index contributed by atoms with van der Waals surface area (Å²) in [6.07, 6.45) is 0.976. The van der Waals surface area contributed by atoms with Crippen molar-refractivity contribution in [3.63, 3.8) is 0 Å². The lowest BCUT2D eigenvalue weighted by Gasteiger charge is -2.15. The van der Waals surface area contributed by atoms with Crippen LogP contribution in [-0.2, 0) is 10.8 Å². The molecule has 0 amide bonds. The lowest BCUT2D eigenvalue weighted by molar-refractivity contribution is 0.553. The maximum Gasteiger partial charge on any atom is 0.0574 e. The number of benzene rings is 1. The van der Waals surface area contributed by atoms with Gasteiger partial charge in [-0.25, -0.2) is 0 Å². The summed E-state index contributed by atoms with van der Waals surface area (Å²) in [5, 5.41) is 3.91. The Hall–Kier alpha value is -0.380. The van der Waals surface area contributed by atoms with Crippen LogP contribution in [-0.4, -0.2) is 22.5 Å². The van der Waals surface area contributed by atoms with E-state index in [1.54, 1.807) is 6.07 Å². The van der Waals surface area contributed by atoms with Gasteiger partial charge in [0.1, 0.15) is 0 Å². The molecule has 90 valence electrons. The van der Waals surface area contributed by atoms with Gasteiger partial charge in [0, 0.05) is 11.8 Å². The minimum Gasteiger partial charge on any atom is -0.313 e. The van der Waals surface area contributed by atoms with Gasteiger partial charge in [-0.1, -0.05) is 37.6 Å². The minimum atomic E-state index is -1.02. The van der Waals surface area contributed by atoms with Gasteiger partial charge in [0.2, 0.25) is 0 Å². The summed E-state index contributed by atoms with van der Waals surface area (Å²) in [6.45, 7) is 5.05. The smallest absolute Gasteiger partial charge is 0.0574 e. The first-order valence-electron chi connectivity index (χ1n) is 5.55. The molecular weight excluding hydrogens is 242 g/mol. The van der Waals surface area contributed by atoms with Crippen LogP contribution in [0.2, 0.25) is 5.02 Å². The summed E-state index contributed by atoms with van der Waals surface area (Å²) in [5.74, 6) is 0.619. The van der Waals surface area contributed by atoms with Crippen LogP contribution in [0.15, 0.2) is 29.2 Å². The average molecular weight is 260 g/mol. The number of rotatable bonds is 6. The summed E-state index contributed by atoms with van der Waals surface area (Å²) in [6, 6.07) is 7.63. The quantitative estimate of drug-likeness (QED) is 0.851. The zero-order chi connectivity index (χ0) is 12.0. The third-order valence-electron chi connectivity index (χ3n) is 2.42. The van der Waals surface area contributed by atoms with E-state index < -0.39 is 10.8 Å². The maximum absolute atomic E-state index is 12.1. The zero-order valence-electron chi connectivity index (χ0n) is 9.70. The Bertz CT molecular complexity index is 357. The molecule has 1 aromatic carbocycles. The Morgan fingerprint density at radius 1 is 1.38 bits per heavy atom. The second-order valence-electron chi connectivity index (χ2n) is 3.61. The molecule has 16 heavy (non-hydrogen) atoms. The molecule has 0 aliphatic carbocycles. The molecule has 0 aliphatic heterocycles. The van der Waals surface area contributed by atoms with Gasteiger partial charge in [-0.3, -0.25) is 4.21 Å². The van der Waals surface area contributed by atoms with E-state index >= 15 is 0 Å². The van der Waals surface area contributed by atoms with Crippen LogP contribution in [0.25, 0.3) is 0 Å². The van der Waals surface area contributed by atoms with Crippen molar-refractivity contribution >= 4 is 22.4 Å². The molecule has 1 aromatic rings. The summed E-state index contributed by atoms with van der Waals surface area (Å²) in [5.41, 5.74) is 0. The van der Waals surface area contributed by atoms with Crippen molar-refractivity contribution in [3.05, 3.63) is 29.3 Å². The minimum absolute atomic E-state index is 0.294. The van der Waals surface area contributed by atoms with E-state index in [0.717, 1.165) is 17.9 Å². The molecule has 0 fully saturated rings. The van der Waals surface area contributed by atoms with Crippen LogP contribution < -0.4 is 5.32 Å². The molecule has 0 spiro atoms. The summed E-state index contributed by atoms with van der Waals surface area (Å²) in [4.78, 5) is 0.737. The fourth-order valence-corrected chi connectivity index (χ4v) is 3.32. The van der Waals surface area contributed by atoms with Crippen LogP contribution in [0.5, 0.6) is 0 Å². The van der Waals surface area contributed by atoms with Gasteiger partial charge < -0.3 is 5.32 Å². The second-order valence-corrected chi connectivity index (χ2v) is 5.48. The molecular formula is C12H18ClNOS. The monoisotopic (exact) mass is 259 g/mol. The van der Waals surface area contributed by atoms with Gasteiger partial charge in [-0.15, -0.1) is 0 Å². The third kappa shape index (κ3) is 3.89. The Balaban J connectivity index is 2.68. The van der Waals surface area contributed by atoms with Gasteiger partial charge in [-0.2, -0.15) is 0 Å². The molecule has 1 N–H and O–H groups in total. The number of hydrogen-bond donors (Lipinski definition) is 1. The highest BCUT2D eigenvalue weighted by Gasteiger charge is 2.13. The summed E-state index contributed by atoms with van der Waals surface area (Å²) >= 11 is 6.01. The molecule has 0 saturated heterocycles. The SMILES string of the molecule is CCNC(CC)CS(=O)c1ccccc1Cl. The van der Waals surface area contributed by atoms with Gasteiger partial charge >= 0.3 is 0 Å². The largest absolute Gasteiger partial charge is 0.313 e. The zero-order valence-corrected chi connectivity index (χ0v) is 11.3. The van der Waals surface area contributed by atoms with E-state index in [0.29, 0.717) is 16.8 Å². The Kier molecular flexibility index (Phi) is 6.03. The lowest BCUT2D eigenvalue weighted by atomic mass is 10.2. The Morgan fingerprint density at radius 2 is 2.06 bits per heavy atom. The van der Waals surface area contributed by atoms with E-state index in [-0.39, 0.29) is 0 Å². The molecule has 0 aliphatic rings. The van der Waals surface area contributed by atoms with Crippen LogP contribution in [0.4, 0.5) is 0 Å². The van der Waals surface area contributed by atoms with Gasteiger partial charge in [0.05, 0.1) is 20.7 Å². The molecule has 2 nitrogen and oxygen atoms in total. The first-order chi connectivity index (χ1) is 7.69. The normalized spacial score (nSPS) is 14.7. The molecule has 0 aromatic heterocycles. The maximum atomic E-state index is 12.1. The van der Waals surface area contributed by atoms with Crippen LogP contribution in [0.3, 0.4) is 0 Å². The van der Waals surface area contributed by atoms with Crippen molar-refractivity contribution in [2.45, 2.75) is 31.2 Å². The number of hydrogen-bond acceptors (Lipinski definition) is 2. The molecule has 2 atom stereocenters. The highest BCUT2D eigenvalue weighted by Crippen LogP contribution is 2.19. The van der Waals surface area contributed by atoms with Gasteiger partial charge in [0.25, 0.3) is 0 Å². The predicted molar refractivity (Wildman–Crippen MR) is 70.5 cm³/mol. The summed E-state index contributed by atoms with van der Waals surface area (Å²) in [7, 11) is -1.02. The van der Waals surface area contributed by atoms with Crippen molar-refractivity contribution in [3.8, 4) is 0 Å². The molecule has 0 heterocycles. The van der Waals surface area contributed by atoms with E-state index in [1.807, 2.05) is 18.2 Å². The lowest BCUT2D eigenvalue weighted by Crippen LogP contribution is -2.33. The molecule has 2 unspecified atom stereocenters. The first-order valence-corrected chi connectivity index (χ1v) is 7.25. The van der Waals surface area contributed by atoms with E-state index in [1.165, 1.54) is 0 Å². The highest BCUT2D eigenvalue weighted by atomic mass is 35.5. The second kappa shape index (κ2) is 7.05. The average Bonchev–Trinajstić information content (AvgIpc) is 2.28.